The lowest BCUT2D eigenvalue weighted by atomic mass is 9.84. The van der Waals surface area contributed by atoms with Gasteiger partial charge >= 0.3 is 0 Å². The fourth-order valence-electron chi connectivity index (χ4n) is 2.83. The number of benzene rings is 1. The number of hydrogen-bond donors (Lipinski definition) is 1. The minimum absolute atomic E-state index is 0.153. The van der Waals surface area contributed by atoms with Crippen LogP contribution in [-0.2, 0) is 5.60 Å². The molecule has 1 aliphatic rings. The first-order valence-electron chi connectivity index (χ1n) is 7.16. The van der Waals surface area contributed by atoms with Gasteiger partial charge < -0.3 is 14.6 Å². The summed E-state index contributed by atoms with van der Waals surface area (Å²) in [5.74, 6) is -0.146. The summed E-state index contributed by atoms with van der Waals surface area (Å²) in [6, 6.07) is 1.58. The van der Waals surface area contributed by atoms with E-state index in [1.165, 1.54) is 26.4 Å². The summed E-state index contributed by atoms with van der Waals surface area (Å²) in [7, 11) is 2.85. The molecule has 0 spiro atoms. The highest BCUT2D eigenvalue weighted by atomic mass is 16.5. The molecule has 0 radical (unpaired) electrons. The van der Waals surface area contributed by atoms with Crippen molar-refractivity contribution >= 4 is 11.6 Å². The van der Waals surface area contributed by atoms with Crippen LogP contribution in [-0.4, -0.2) is 30.9 Å². The van der Waals surface area contributed by atoms with Crippen molar-refractivity contribution in [2.24, 2.45) is 0 Å². The summed E-state index contributed by atoms with van der Waals surface area (Å²) in [4.78, 5) is 24.4. The predicted octanol–water partition coefficient (Wildman–Crippen LogP) is 2.65. The predicted molar refractivity (Wildman–Crippen MR) is 81.8 cm³/mol. The number of ether oxygens (including phenoxy) is 2. The minimum Gasteiger partial charge on any atom is -0.496 e. The van der Waals surface area contributed by atoms with E-state index < -0.39 is 5.60 Å². The summed E-state index contributed by atoms with van der Waals surface area (Å²) in [6.45, 7) is 3.61. The average Bonchev–Trinajstić information content (AvgIpc) is 2.48. The van der Waals surface area contributed by atoms with Crippen LogP contribution in [0.3, 0.4) is 0 Å². The monoisotopic (exact) mass is 304 g/mol. The smallest absolute Gasteiger partial charge is 0.190 e. The SMILES string of the molecule is CCCC(C)(O)c1cc(OC)c2c(c1OC)C(=O)C=CC2=O. The van der Waals surface area contributed by atoms with Crippen molar-refractivity contribution < 1.29 is 24.2 Å². The number of ketones is 2. The first-order valence-corrected chi connectivity index (χ1v) is 7.16. The topological polar surface area (TPSA) is 72.8 Å². The van der Waals surface area contributed by atoms with E-state index in [4.69, 9.17) is 9.47 Å². The molecule has 0 fully saturated rings. The first kappa shape index (κ1) is 16.2. The van der Waals surface area contributed by atoms with Gasteiger partial charge in [0.1, 0.15) is 11.5 Å². The van der Waals surface area contributed by atoms with Gasteiger partial charge in [0.2, 0.25) is 0 Å². The van der Waals surface area contributed by atoms with E-state index in [2.05, 4.69) is 0 Å². The van der Waals surface area contributed by atoms with Gasteiger partial charge in [0.05, 0.1) is 30.9 Å². The molecule has 2 rings (SSSR count). The molecule has 22 heavy (non-hydrogen) atoms. The van der Waals surface area contributed by atoms with Gasteiger partial charge in [-0.15, -0.1) is 0 Å². The van der Waals surface area contributed by atoms with Crippen molar-refractivity contribution in [3.05, 3.63) is 34.9 Å². The molecule has 118 valence electrons. The van der Waals surface area contributed by atoms with E-state index in [9.17, 15) is 14.7 Å². The number of hydrogen-bond acceptors (Lipinski definition) is 5. The molecular formula is C17H20O5. The van der Waals surface area contributed by atoms with E-state index in [0.29, 0.717) is 12.0 Å². The molecule has 0 saturated carbocycles. The highest BCUT2D eigenvalue weighted by Crippen LogP contribution is 2.43. The second-order valence-electron chi connectivity index (χ2n) is 5.50. The summed E-state index contributed by atoms with van der Waals surface area (Å²) in [6.07, 6.45) is 3.67. The molecule has 1 atom stereocenters. The molecule has 0 amide bonds. The maximum Gasteiger partial charge on any atom is 0.190 e. The van der Waals surface area contributed by atoms with E-state index in [-0.39, 0.29) is 34.2 Å². The third kappa shape index (κ3) is 2.52. The quantitative estimate of drug-likeness (QED) is 0.905. The van der Waals surface area contributed by atoms with Crippen molar-refractivity contribution in [3.63, 3.8) is 0 Å². The number of carbonyl (C=O) groups excluding carboxylic acids is 2. The fourth-order valence-corrected chi connectivity index (χ4v) is 2.83. The van der Waals surface area contributed by atoms with Gasteiger partial charge in [-0.3, -0.25) is 9.59 Å². The Kier molecular flexibility index (Phi) is 4.37. The highest BCUT2D eigenvalue weighted by Gasteiger charge is 2.35. The largest absolute Gasteiger partial charge is 0.496 e. The number of carbonyl (C=O) groups is 2. The molecule has 1 unspecified atom stereocenters. The fraction of sp³-hybridized carbons (Fsp3) is 0.412. The number of rotatable bonds is 5. The lowest BCUT2D eigenvalue weighted by molar-refractivity contribution is 0.0440. The Bertz CT molecular complexity index is 656. The molecular weight excluding hydrogens is 284 g/mol. The normalized spacial score (nSPS) is 16.2. The van der Waals surface area contributed by atoms with E-state index in [1.807, 2.05) is 6.92 Å². The second-order valence-corrected chi connectivity index (χ2v) is 5.50. The lowest BCUT2D eigenvalue weighted by Gasteiger charge is -2.28. The Morgan fingerprint density at radius 2 is 1.68 bits per heavy atom. The Hall–Kier alpha value is -2.14. The number of aliphatic hydroxyl groups is 1. The standard InChI is InChI=1S/C17H20O5/c1-5-8-17(2,20)10-9-13(21-3)14-11(18)6-7-12(19)15(14)16(10)22-4/h6-7,9,20H,5,8H2,1-4H3. The zero-order valence-corrected chi connectivity index (χ0v) is 13.2. The van der Waals surface area contributed by atoms with Gasteiger partial charge in [0.25, 0.3) is 0 Å². The van der Waals surface area contributed by atoms with Crippen LogP contribution in [0.15, 0.2) is 18.2 Å². The van der Waals surface area contributed by atoms with E-state index in [0.717, 1.165) is 6.42 Å². The van der Waals surface area contributed by atoms with Crippen molar-refractivity contribution in [2.75, 3.05) is 14.2 Å². The van der Waals surface area contributed by atoms with Gasteiger partial charge in [0, 0.05) is 5.56 Å². The Morgan fingerprint density at radius 3 is 2.18 bits per heavy atom. The molecule has 0 aliphatic heterocycles. The van der Waals surface area contributed by atoms with Crippen molar-refractivity contribution in [1.29, 1.82) is 0 Å². The average molecular weight is 304 g/mol. The van der Waals surface area contributed by atoms with Crippen molar-refractivity contribution in [1.82, 2.24) is 0 Å². The molecule has 5 nitrogen and oxygen atoms in total. The molecule has 0 aromatic heterocycles. The zero-order valence-electron chi connectivity index (χ0n) is 13.2. The second kappa shape index (κ2) is 5.93. The van der Waals surface area contributed by atoms with Crippen molar-refractivity contribution in [2.45, 2.75) is 32.3 Å². The molecule has 1 aromatic carbocycles. The summed E-state index contributed by atoms with van der Waals surface area (Å²) in [5.41, 5.74) is -0.403. The molecule has 0 saturated heterocycles. The van der Waals surface area contributed by atoms with Crippen LogP contribution < -0.4 is 9.47 Å². The number of allylic oxidation sites excluding steroid dienone is 2. The summed E-state index contributed by atoms with van der Waals surface area (Å²) < 4.78 is 10.6. The van der Waals surface area contributed by atoms with Crippen LogP contribution in [0.1, 0.15) is 53.0 Å². The van der Waals surface area contributed by atoms with Gasteiger partial charge in [0.15, 0.2) is 11.6 Å². The lowest BCUT2D eigenvalue weighted by Crippen LogP contribution is -2.25. The maximum absolute atomic E-state index is 12.3. The molecule has 1 aliphatic carbocycles. The molecule has 1 N–H and O–H groups in total. The molecule has 0 heterocycles. The van der Waals surface area contributed by atoms with Crippen LogP contribution in [0.5, 0.6) is 11.5 Å². The van der Waals surface area contributed by atoms with E-state index >= 15 is 0 Å². The van der Waals surface area contributed by atoms with Gasteiger partial charge in [-0.05, 0) is 31.6 Å². The van der Waals surface area contributed by atoms with Gasteiger partial charge in [-0.25, -0.2) is 0 Å². The Balaban J connectivity index is 2.82. The number of methoxy groups -OCH3 is 2. The van der Waals surface area contributed by atoms with Gasteiger partial charge in [-0.1, -0.05) is 13.3 Å². The van der Waals surface area contributed by atoms with Gasteiger partial charge in [-0.2, -0.15) is 0 Å². The van der Waals surface area contributed by atoms with Crippen LogP contribution in [0.2, 0.25) is 0 Å². The first-order chi connectivity index (χ1) is 10.4. The Labute approximate surface area is 129 Å². The number of fused-ring (bicyclic) bond motifs is 1. The van der Waals surface area contributed by atoms with Crippen LogP contribution in [0.4, 0.5) is 0 Å². The van der Waals surface area contributed by atoms with Crippen molar-refractivity contribution in [3.8, 4) is 11.5 Å². The minimum atomic E-state index is -1.19. The molecule has 1 aromatic rings. The Morgan fingerprint density at radius 1 is 1.09 bits per heavy atom. The third-order valence-electron chi connectivity index (χ3n) is 3.86. The maximum atomic E-state index is 12.3. The van der Waals surface area contributed by atoms with E-state index in [1.54, 1.807) is 13.0 Å². The summed E-state index contributed by atoms with van der Waals surface area (Å²) in [5, 5.41) is 10.7. The summed E-state index contributed by atoms with van der Waals surface area (Å²) >= 11 is 0. The van der Waals surface area contributed by atoms with Crippen LogP contribution >= 0.6 is 0 Å². The molecule has 5 heteroatoms. The molecule has 0 bridgehead atoms. The highest BCUT2D eigenvalue weighted by molar-refractivity contribution is 6.24. The zero-order chi connectivity index (χ0) is 16.5. The van der Waals surface area contributed by atoms with Crippen LogP contribution in [0, 0.1) is 0 Å². The van der Waals surface area contributed by atoms with Crippen LogP contribution in [0.25, 0.3) is 0 Å². The third-order valence-corrected chi connectivity index (χ3v) is 3.86.